The van der Waals surface area contributed by atoms with E-state index in [1.807, 2.05) is 4.90 Å². The fraction of sp³-hybridized carbons (Fsp3) is 0.615. The van der Waals surface area contributed by atoms with E-state index in [-0.39, 0.29) is 11.8 Å². The van der Waals surface area contributed by atoms with E-state index in [0.717, 1.165) is 38.5 Å². The van der Waals surface area contributed by atoms with Gasteiger partial charge in [0, 0.05) is 38.6 Å². The van der Waals surface area contributed by atoms with E-state index in [1.165, 1.54) is 0 Å². The van der Waals surface area contributed by atoms with Crippen LogP contribution in [-0.2, 0) is 9.53 Å². The van der Waals surface area contributed by atoms with Crippen LogP contribution in [0.5, 0.6) is 0 Å². The minimum Gasteiger partial charge on any atom is -0.378 e. The number of anilines is 1. The molecule has 0 unspecified atom stereocenters. The zero-order valence-corrected chi connectivity index (χ0v) is 10.9. The summed E-state index contributed by atoms with van der Waals surface area (Å²) in [5.74, 6) is 1.04. The number of aromatic nitrogens is 2. The van der Waals surface area contributed by atoms with E-state index in [2.05, 4.69) is 14.9 Å². The van der Waals surface area contributed by atoms with Gasteiger partial charge in [-0.05, 0) is 12.5 Å². The third-order valence-corrected chi connectivity index (χ3v) is 3.70. The predicted molar refractivity (Wildman–Crippen MR) is 69.8 cm³/mol. The second-order valence-electron chi connectivity index (χ2n) is 4.92. The largest absolute Gasteiger partial charge is 0.378 e. The molecule has 2 saturated heterocycles. The van der Waals surface area contributed by atoms with E-state index in [1.54, 1.807) is 18.5 Å². The van der Waals surface area contributed by atoms with Gasteiger partial charge in [-0.25, -0.2) is 9.97 Å². The summed E-state index contributed by atoms with van der Waals surface area (Å²) in [4.78, 5) is 24.9. The Bertz CT molecular complexity index is 434. The third kappa shape index (κ3) is 2.68. The van der Waals surface area contributed by atoms with Gasteiger partial charge in [0.05, 0.1) is 19.1 Å². The number of carbonyl (C=O) groups excluding carboxylic acids is 1. The molecule has 0 saturated carbocycles. The summed E-state index contributed by atoms with van der Waals surface area (Å²) < 4.78 is 5.28. The molecule has 0 radical (unpaired) electrons. The Morgan fingerprint density at radius 1 is 1.21 bits per heavy atom. The number of morpholine rings is 1. The van der Waals surface area contributed by atoms with Gasteiger partial charge in [0.25, 0.3) is 0 Å². The average Bonchev–Trinajstić information content (AvgIpc) is 2.98. The summed E-state index contributed by atoms with van der Waals surface area (Å²) in [6, 6.07) is 1.80. The quantitative estimate of drug-likeness (QED) is 0.760. The van der Waals surface area contributed by atoms with E-state index in [9.17, 15) is 4.79 Å². The number of ether oxygens (including phenoxy) is 1. The minimum atomic E-state index is 0.0712. The average molecular weight is 262 g/mol. The molecule has 0 aliphatic carbocycles. The van der Waals surface area contributed by atoms with Crippen molar-refractivity contribution < 1.29 is 9.53 Å². The van der Waals surface area contributed by atoms with Crippen LogP contribution in [0.4, 0.5) is 5.95 Å². The van der Waals surface area contributed by atoms with E-state index in [0.29, 0.717) is 13.2 Å². The standard InChI is InChI=1S/C13H18N4O2/c18-12(16-6-8-19-9-7-16)11-2-5-17(10-11)13-14-3-1-4-15-13/h1,3-4,11H,2,5-10H2/t11-/m1/s1. The lowest BCUT2D eigenvalue weighted by Gasteiger charge is -2.29. The van der Waals surface area contributed by atoms with Crippen molar-refractivity contribution in [3.05, 3.63) is 18.5 Å². The molecule has 3 heterocycles. The monoisotopic (exact) mass is 262 g/mol. The molecule has 6 heteroatoms. The molecular weight excluding hydrogens is 244 g/mol. The van der Waals surface area contributed by atoms with Crippen molar-refractivity contribution in [3.63, 3.8) is 0 Å². The highest BCUT2D eigenvalue weighted by Crippen LogP contribution is 2.22. The van der Waals surface area contributed by atoms with Gasteiger partial charge in [-0.15, -0.1) is 0 Å². The molecular formula is C13H18N4O2. The number of carbonyl (C=O) groups is 1. The molecule has 2 aliphatic heterocycles. The molecule has 3 rings (SSSR count). The molecule has 0 spiro atoms. The molecule has 1 amide bonds. The van der Waals surface area contributed by atoms with E-state index >= 15 is 0 Å². The van der Waals surface area contributed by atoms with Crippen LogP contribution in [0.15, 0.2) is 18.5 Å². The van der Waals surface area contributed by atoms with Gasteiger partial charge in [-0.3, -0.25) is 4.79 Å². The number of nitrogens with zero attached hydrogens (tertiary/aromatic N) is 4. The summed E-state index contributed by atoms with van der Waals surface area (Å²) in [5.41, 5.74) is 0. The molecule has 2 aliphatic rings. The van der Waals surface area contributed by atoms with Crippen molar-refractivity contribution >= 4 is 11.9 Å². The van der Waals surface area contributed by atoms with Crippen LogP contribution in [-0.4, -0.2) is 60.2 Å². The van der Waals surface area contributed by atoms with Crippen LogP contribution in [0.1, 0.15) is 6.42 Å². The molecule has 2 fully saturated rings. The van der Waals surface area contributed by atoms with Gasteiger partial charge in [0.2, 0.25) is 11.9 Å². The maximum Gasteiger partial charge on any atom is 0.227 e. The summed E-state index contributed by atoms with van der Waals surface area (Å²) in [7, 11) is 0. The Morgan fingerprint density at radius 2 is 1.95 bits per heavy atom. The van der Waals surface area contributed by atoms with Crippen molar-refractivity contribution in [1.82, 2.24) is 14.9 Å². The highest BCUT2D eigenvalue weighted by atomic mass is 16.5. The van der Waals surface area contributed by atoms with Crippen LogP contribution in [0.25, 0.3) is 0 Å². The van der Waals surface area contributed by atoms with Crippen molar-refractivity contribution in [1.29, 1.82) is 0 Å². The Kier molecular flexibility index (Phi) is 3.59. The Balaban J connectivity index is 1.61. The Labute approximate surface area is 112 Å². The maximum atomic E-state index is 12.4. The molecule has 1 aromatic rings. The Hall–Kier alpha value is -1.69. The smallest absolute Gasteiger partial charge is 0.227 e. The van der Waals surface area contributed by atoms with Crippen molar-refractivity contribution in [3.8, 4) is 0 Å². The van der Waals surface area contributed by atoms with Crippen LogP contribution in [0.2, 0.25) is 0 Å². The van der Waals surface area contributed by atoms with E-state index < -0.39 is 0 Å². The van der Waals surface area contributed by atoms with Crippen molar-refractivity contribution in [2.24, 2.45) is 5.92 Å². The van der Waals surface area contributed by atoms with Crippen LogP contribution in [0.3, 0.4) is 0 Å². The number of amides is 1. The molecule has 1 atom stereocenters. The first kappa shape index (κ1) is 12.3. The molecule has 102 valence electrons. The van der Waals surface area contributed by atoms with E-state index in [4.69, 9.17) is 4.74 Å². The lowest BCUT2D eigenvalue weighted by molar-refractivity contribution is -0.138. The molecule has 19 heavy (non-hydrogen) atoms. The second-order valence-corrected chi connectivity index (χ2v) is 4.92. The van der Waals surface area contributed by atoms with Crippen LogP contribution < -0.4 is 4.90 Å². The van der Waals surface area contributed by atoms with Gasteiger partial charge in [0.1, 0.15) is 0 Å². The summed E-state index contributed by atoms with van der Waals surface area (Å²) in [6.45, 7) is 4.33. The molecule has 1 aromatic heterocycles. The first-order chi connectivity index (χ1) is 9.34. The topological polar surface area (TPSA) is 58.6 Å². The van der Waals surface area contributed by atoms with Gasteiger partial charge < -0.3 is 14.5 Å². The van der Waals surface area contributed by atoms with Crippen LogP contribution in [0, 0.1) is 5.92 Å². The van der Waals surface area contributed by atoms with Gasteiger partial charge in [-0.2, -0.15) is 0 Å². The number of hydrogen-bond acceptors (Lipinski definition) is 5. The Morgan fingerprint density at radius 3 is 2.68 bits per heavy atom. The predicted octanol–water partition coefficient (Wildman–Crippen LogP) is 0.162. The van der Waals surface area contributed by atoms with Crippen molar-refractivity contribution in [2.45, 2.75) is 6.42 Å². The second kappa shape index (κ2) is 5.52. The van der Waals surface area contributed by atoms with Gasteiger partial charge in [0.15, 0.2) is 0 Å². The lowest BCUT2D eigenvalue weighted by atomic mass is 10.1. The lowest BCUT2D eigenvalue weighted by Crippen LogP contribution is -2.44. The summed E-state index contributed by atoms with van der Waals surface area (Å²) >= 11 is 0. The maximum absolute atomic E-state index is 12.4. The zero-order chi connectivity index (χ0) is 13.1. The zero-order valence-electron chi connectivity index (χ0n) is 10.9. The fourth-order valence-corrected chi connectivity index (χ4v) is 2.64. The van der Waals surface area contributed by atoms with Crippen molar-refractivity contribution in [2.75, 3.05) is 44.3 Å². The molecule has 0 aromatic carbocycles. The fourth-order valence-electron chi connectivity index (χ4n) is 2.64. The third-order valence-electron chi connectivity index (χ3n) is 3.70. The number of hydrogen-bond donors (Lipinski definition) is 0. The summed E-state index contributed by atoms with van der Waals surface area (Å²) in [5, 5.41) is 0. The highest BCUT2D eigenvalue weighted by Gasteiger charge is 2.32. The minimum absolute atomic E-state index is 0.0712. The number of rotatable bonds is 2. The summed E-state index contributed by atoms with van der Waals surface area (Å²) in [6.07, 6.45) is 4.35. The molecule has 6 nitrogen and oxygen atoms in total. The first-order valence-corrected chi connectivity index (χ1v) is 6.73. The molecule has 0 bridgehead atoms. The first-order valence-electron chi connectivity index (χ1n) is 6.73. The SMILES string of the molecule is O=C([C@@H]1CCN(c2ncccn2)C1)N1CCOCC1. The van der Waals surface area contributed by atoms with Gasteiger partial charge >= 0.3 is 0 Å². The van der Waals surface area contributed by atoms with Gasteiger partial charge in [-0.1, -0.05) is 0 Å². The molecule has 0 N–H and O–H groups in total. The highest BCUT2D eigenvalue weighted by molar-refractivity contribution is 5.80. The van der Waals surface area contributed by atoms with Crippen LogP contribution >= 0.6 is 0 Å². The normalized spacial score (nSPS) is 23.7.